The zero-order valence-electron chi connectivity index (χ0n) is 16.8. The highest BCUT2D eigenvalue weighted by Crippen LogP contribution is 2.24. The molecule has 2 atom stereocenters. The summed E-state index contributed by atoms with van der Waals surface area (Å²) in [6.45, 7) is 5.64. The minimum absolute atomic E-state index is 0.140. The monoisotopic (exact) mass is 411 g/mol. The van der Waals surface area contributed by atoms with Gasteiger partial charge in [0.25, 0.3) is 5.91 Å². The Morgan fingerprint density at radius 1 is 1.14 bits per heavy atom. The number of anilines is 1. The predicted molar refractivity (Wildman–Crippen MR) is 116 cm³/mol. The van der Waals surface area contributed by atoms with E-state index in [1.54, 1.807) is 23.9 Å². The first kappa shape index (κ1) is 20.9. The quantitative estimate of drug-likeness (QED) is 0.431. The molecular formula is C22H25N3O3S. The van der Waals surface area contributed by atoms with E-state index in [4.69, 9.17) is 4.74 Å². The number of ether oxygens (including phenoxy) is 1. The molecule has 1 heterocycles. The number of nitrogens with one attached hydrogen (secondary N) is 1. The number of carbonyl (C=O) groups excluding carboxylic acids is 2. The van der Waals surface area contributed by atoms with Gasteiger partial charge < -0.3 is 10.1 Å². The van der Waals surface area contributed by atoms with Crippen molar-refractivity contribution >= 4 is 40.2 Å². The van der Waals surface area contributed by atoms with Crippen LogP contribution in [0.15, 0.2) is 59.6 Å². The fourth-order valence-electron chi connectivity index (χ4n) is 2.85. The van der Waals surface area contributed by atoms with E-state index in [1.807, 2.05) is 49.4 Å². The second-order valence-electron chi connectivity index (χ2n) is 6.84. The van der Waals surface area contributed by atoms with Gasteiger partial charge in [-0.05, 0) is 43.2 Å². The molecule has 0 unspecified atom stereocenters. The number of hydrogen-bond donors (Lipinski definition) is 1. The molecule has 0 aliphatic rings. The molecular weight excluding hydrogens is 386 g/mol. The first-order chi connectivity index (χ1) is 14.0. The zero-order chi connectivity index (χ0) is 20.8. The Bertz CT molecular complexity index is 1000. The molecule has 0 bridgehead atoms. The highest BCUT2D eigenvalue weighted by Gasteiger charge is 2.20. The summed E-state index contributed by atoms with van der Waals surface area (Å²) >= 11 is 1.39. The minimum atomic E-state index is -0.889. The van der Waals surface area contributed by atoms with Gasteiger partial charge in [-0.1, -0.05) is 37.3 Å². The van der Waals surface area contributed by atoms with Crippen LogP contribution in [0.4, 0.5) is 5.82 Å². The average molecular weight is 412 g/mol. The molecule has 1 aromatic heterocycles. The smallest absolute Gasteiger partial charge is 0.317 e. The summed E-state index contributed by atoms with van der Waals surface area (Å²) in [7, 11) is 0. The van der Waals surface area contributed by atoms with Crippen LogP contribution in [-0.2, 0) is 14.3 Å². The van der Waals surface area contributed by atoms with Gasteiger partial charge in [0.05, 0.1) is 18.0 Å². The van der Waals surface area contributed by atoms with Crippen LogP contribution in [0.2, 0.25) is 0 Å². The van der Waals surface area contributed by atoms with Crippen molar-refractivity contribution in [3.8, 4) is 0 Å². The summed E-state index contributed by atoms with van der Waals surface area (Å²) in [6.07, 6.45) is 1.64. The first-order valence-corrected chi connectivity index (χ1v) is 10.6. The van der Waals surface area contributed by atoms with Crippen molar-refractivity contribution in [1.82, 2.24) is 9.78 Å². The fraction of sp³-hybridized carbons (Fsp3) is 0.318. The van der Waals surface area contributed by atoms with Crippen LogP contribution in [0, 0.1) is 0 Å². The maximum absolute atomic E-state index is 12.4. The van der Waals surface area contributed by atoms with Gasteiger partial charge >= 0.3 is 5.97 Å². The Morgan fingerprint density at radius 2 is 1.90 bits per heavy atom. The predicted octanol–water partition coefficient (Wildman–Crippen LogP) is 4.67. The van der Waals surface area contributed by atoms with Crippen molar-refractivity contribution in [2.24, 2.45) is 0 Å². The maximum Gasteiger partial charge on any atom is 0.317 e. The van der Waals surface area contributed by atoms with Crippen molar-refractivity contribution in [2.45, 2.75) is 44.2 Å². The van der Waals surface area contributed by atoms with Gasteiger partial charge in [0.2, 0.25) is 0 Å². The molecule has 0 aliphatic heterocycles. The fourth-order valence-corrected chi connectivity index (χ4v) is 3.58. The van der Waals surface area contributed by atoms with Gasteiger partial charge in [-0.25, -0.2) is 4.68 Å². The largest absolute Gasteiger partial charge is 0.452 e. The molecule has 2 aromatic carbocycles. The molecule has 0 saturated heterocycles. The van der Waals surface area contributed by atoms with E-state index in [0.29, 0.717) is 5.82 Å². The van der Waals surface area contributed by atoms with Crippen molar-refractivity contribution in [1.29, 1.82) is 0 Å². The molecule has 0 spiro atoms. The van der Waals surface area contributed by atoms with Crippen LogP contribution in [0.25, 0.3) is 10.8 Å². The number of hydrogen-bond acceptors (Lipinski definition) is 5. The zero-order valence-corrected chi connectivity index (χ0v) is 17.6. The summed E-state index contributed by atoms with van der Waals surface area (Å²) in [5.74, 6) is -0.0704. The highest BCUT2D eigenvalue weighted by molar-refractivity contribution is 8.00. The van der Waals surface area contributed by atoms with Crippen LogP contribution in [0.1, 0.15) is 33.2 Å². The third-order valence-electron chi connectivity index (χ3n) is 4.68. The van der Waals surface area contributed by atoms with Gasteiger partial charge in [-0.2, -0.15) is 5.10 Å². The number of fused-ring (bicyclic) bond motifs is 1. The minimum Gasteiger partial charge on any atom is -0.452 e. The van der Waals surface area contributed by atoms with E-state index in [-0.39, 0.29) is 17.7 Å². The van der Waals surface area contributed by atoms with Crippen molar-refractivity contribution in [2.75, 3.05) is 11.1 Å². The van der Waals surface area contributed by atoms with E-state index in [1.165, 1.54) is 11.8 Å². The molecule has 3 rings (SSSR count). The molecule has 0 aliphatic carbocycles. The summed E-state index contributed by atoms with van der Waals surface area (Å²) < 4.78 is 7.05. The van der Waals surface area contributed by atoms with Gasteiger partial charge in [0.1, 0.15) is 5.82 Å². The molecule has 29 heavy (non-hydrogen) atoms. The van der Waals surface area contributed by atoms with E-state index >= 15 is 0 Å². The lowest BCUT2D eigenvalue weighted by atomic mass is 10.1. The molecule has 0 fully saturated rings. The summed E-state index contributed by atoms with van der Waals surface area (Å²) in [5.41, 5.74) is 0. The lowest BCUT2D eigenvalue weighted by Gasteiger charge is -2.17. The van der Waals surface area contributed by atoms with Gasteiger partial charge in [0, 0.05) is 11.0 Å². The molecule has 1 amide bonds. The van der Waals surface area contributed by atoms with Gasteiger partial charge in [-0.3, -0.25) is 9.59 Å². The number of nitrogens with zero attached hydrogens (tertiary/aromatic N) is 2. The topological polar surface area (TPSA) is 73.2 Å². The standard InChI is InChI=1S/C22H25N3O3S/c1-4-15(2)25-20(11-12-23-25)24-22(27)16(3)28-21(26)14-29-19-10-9-17-7-5-6-8-18(17)13-19/h5-13,15-16H,4,14H2,1-3H3,(H,24,27)/t15-,16-/m1/s1. The second-order valence-corrected chi connectivity index (χ2v) is 7.89. The molecule has 0 radical (unpaired) electrons. The van der Waals surface area contributed by atoms with Crippen molar-refractivity contribution in [3.05, 3.63) is 54.7 Å². The van der Waals surface area contributed by atoms with Gasteiger partial charge in [0.15, 0.2) is 6.10 Å². The first-order valence-electron chi connectivity index (χ1n) is 9.63. The van der Waals surface area contributed by atoms with Crippen molar-refractivity contribution < 1.29 is 14.3 Å². The molecule has 6 nitrogen and oxygen atoms in total. The van der Waals surface area contributed by atoms with Crippen molar-refractivity contribution in [3.63, 3.8) is 0 Å². The lowest BCUT2D eigenvalue weighted by Crippen LogP contribution is -2.31. The van der Waals surface area contributed by atoms with Gasteiger partial charge in [-0.15, -0.1) is 11.8 Å². The third-order valence-corrected chi connectivity index (χ3v) is 5.65. The molecule has 7 heteroatoms. The molecule has 1 N–H and O–H groups in total. The highest BCUT2D eigenvalue weighted by atomic mass is 32.2. The number of carbonyl (C=O) groups is 2. The molecule has 152 valence electrons. The van der Waals surface area contributed by atoms with Crippen LogP contribution < -0.4 is 5.32 Å². The van der Waals surface area contributed by atoms with E-state index < -0.39 is 12.1 Å². The van der Waals surface area contributed by atoms with Crippen LogP contribution >= 0.6 is 11.8 Å². The molecule has 0 saturated carbocycles. The summed E-state index contributed by atoms with van der Waals surface area (Å²) in [5, 5.41) is 9.29. The third kappa shape index (κ3) is 5.38. The summed E-state index contributed by atoms with van der Waals surface area (Å²) in [4.78, 5) is 25.6. The number of thioether (sulfide) groups is 1. The Labute approximate surface area is 174 Å². The Hall–Kier alpha value is -2.80. The van der Waals surface area contributed by atoms with E-state index in [0.717, 1.165) is 22.1 Å². The number of rotatable bonds is 8. The average Bonchev–Trinajstić information content (AvgIpc) is 3.19. The maximum atomic E-state index is 12.4. The molecule has 3 aromatic rings. The number of aromatic nitrogens is 2. The van der Waals surface area contributed by atoms with Crippen LogP contribution in [0.5, 0.6) is 0 Å². The summed E-state index contributed by atoms with van der Waals surface area (Å²) in [6, 6.07) is 16.0. The van der Waals surface area contributed by atoms with E-state index in [2.05, 4.69) is 17.3 Å². The Balaban J connectivity index is 1.51. The Morgan fingerprint density at radius 3 is 2.66 bits per heavy atom. The number of amides is 1. The normalized spacial score (nSPS) is 13.1. The Kier molecular flexibility index (Phi) is 6.93. The lowest BCUT2D eigenvalue weighted by molar-refractivity contribution is -0.150. The number of esters is 1. The van der Waals surface area contributed by atoms with E-state index in [9.17, 15) is 9.59 Å². The second kappa shape index (κ2) is 9.60. The SMILES string of the molecule is CC[C@@H](C)n1nccc1NC(=O)[C@@H](C)OC(=O)CSc1ccc2ccccc2c1. The van der Waals surface area contributed by atoms with Crippen LogP contribution in [0.3, 0.4) is 0 Å². The van der Waals surface area contributed by atoms with Crippen LogP contribution in [-0.4, -0.2) is 33.5 Å². The number of benzene rings is 2.